The molecule has 0 bridgehead atoms. The first-order chi connectivity index (χ1) is 17.3. The van der Waals surface area contributed by atoms with Gasteiger partial charge in [0.05, 0.1) is 29.0 Å². The zero-order chi connectivity index (χ0) is 28.5. The van der Waals surface area contributed by atoms with E-state index in [9.17, 15) is 20.1 Å². The Hall–Kier alpha value is -0.950. The molecule has 4 aliphatic rings. The highest BCUT2D eigenvalue weighted by molar-refractivity contribution is 5.66. The number of fused-ring (bicyclic) bond motifs is 2. The van der Waals surface area contributed by atoms with Gasteiger partial charge in [-0.3, -0.25) is 4.79 Å². The monoisotopic (exact) mass is 534 g/mol. The number of esters is 1. The van der Waals surface area contributed by atoms with E-state index in [1.807, 2.05) is 27.7 Å². The SMILES string of the molecule is CC(=O)OC1CCC2(C)C(CCC(C)(O)C2CCC2=C(C)C(O)CC3C(CCC3(C)O)C2(C)C)OC1(C)C. The Morgan fingerprint density at radius 2 is 1.58 bits per heavy atom. The summed E-state index contributed by atoms with van der Waals surface area (Å²) in [6, 6.07) is 0. The first-order valence-corrected chi connectivity index (χ1v) is 15.0. The fourth-order valence-electron chi connectivity index (χ4n) is 9.37. The van der Waals surface area contributed by atoms with Crippen LogP contribution in [0.3, 0.4) is 0 Å². The summed E-state index contributed by atoms with van der Waals surface area (Å²) in [7, 11) is 0. The zero-order valence-electron chi connectivity index (χ0n) is 25.4. The Morgan fingerprint density at radius 1 is 0.947 bits per heavy atom. The van der Waals surface area contributed by atoms with Crippen LogP contribution in [0, 0.1) is 28.6 Å². The Bertz CT molecular complexity index is 946. The van der Waals surface area contributed by atoms with Gasteiger partial charge in [0.2, 0.25) is 0 Å². The number of allylic oxidation sites excluding steroid dienone is 1. The van der Waals surface area contributed by atoms with Crippen LogP contribution in [0.1, 0.15) is 120 Å². The average molecular weight is 535 g/mol. The minimum atomic E-state index is -0.832. The summed E-state index contributed by atoms with van der Waals surface area (Å²) in [6.45, 7) is 18.4. The molecule has 1 aliphatic heterocycles. The molecule has 6 heteroatoms. The van der Waals surface area contributed by atoms with Gasteiger partial charge < -0.3 is 24.8 Å². The van der Waals surface area contributed by atoms with Gasteiger partial charge in [0.1, 0.15) is 6.10 Å². The topological polar surface area (TPSA) is 96.2 Å². The number of carbonyl (C=O) groups excluding carboxylic acids is 1. The lowest BCUT2D eigenvalue weighted by Gasteiger charge is -2.54. The normalized spacial score (nSPS) is 46.5. The molecular formula is C32H54O6. The van der Waals surface area contributed by atoms with E-state index in [0.717, 1.165) is 44.1 Å². The fraction of sp³-hybridized carbons (Fsp3) is 0.906. The maximum Gasteiger partial charge on any atom is 0.303 e. The van der Waals surface area contributed by atoms with Gasteiger partial charge in [-0.05, 0) is 127 Å². The van der Waals surface area contributed by atoms with E-state index in [1.54, 1.807) is 0 Å². The molecule has 38 heavy (non-hydrogen) atoms. The van der Waals surface area contributed by atoms with Crippen molar-refractivity contribution in [1.82, 2.24) is 0 Å². The largest absolute Gasteiger partial charge is 0.460 e. The number of aliphatic hydroxyl groups is 3. The molecule has 2 saturated carbocycles. The molecule has 9 unspecified atom stereocenters. The van der Waals surface area contributed by atoms with E-state index in [0.29, 0.717) is 25.2 Å². The van der Waals surface area contributed by atoms with Gasteiger partial charge in [-0.2, -0.15) is 0 Å². The van der Waals surface area contributed by atoms with E-state index in [1.165, 1.54) is 12.5 Å². The molecule has 0 aromatic carbocycles. The molecule has 218 valence electrons. The second-order valence-electron chi connectivity index (χ2n) is 15.1. The summed E-state index contributed by atoms with van der Waals surface area (Å²) in [4.78, 5) is 11.9. The summed E-state index contributed by atoms with van der Waals surface area (Å²) in [5.41, 5.74) is -0.236. The lowest BCUT2D eigenvalue weighted by atomic mass is 9.55. The van der Waals surface area contributed by atoms with Crippen molar-refractivity contribution in [3.05, 3.63) is 11.1 Å². The van der Waals surface area contributed by atoms with Crippen molar-refractivity contribution in [2.45, 2.75) is 155 Å². The number of carbonyl (C=O) groups is 1. The first-order valence-electron chi connectivity index (χ1n) is 15.0. The Labute approximate surface area is 230 Å². The second-order valence-corrected chi connectivity index (χ2v) is 15.1. The van der Waals surface area contributed by atoms with Crippen LogP contribution in [0.15, 0.2) is 11.1 Å². The number of aliphatic hydroxyl groups excluding tert-OH is 1. The van der Waals surface area contributed by atoms with Crippen LogP contribution in [-0.4, -0.2) is 56.4 Å². The van der Waals surface area contributed by atoms with E-state index >= 15 is 0 Å². The van der Waals surface area contributed by atoms with Crippen LogP contribution in [0.25, 0.3) is 0 Å². The van der Waals surface area contributed by atoms with Crippen molar-refractivity contribution in [2.75, 3.05) is 0 Å². The van der Waals surface area contributed by atoms with Gasteiger partial charge in [0, 0.05) is 6.92 Å². The van der Waals surface area contributed by atoms with Crippen molar-refractivity contribution in [3.63, 3.8) is 0 Å². The van der Waals surface area contributed by atoms with Crippen LogP contribution >= 0.6 is 0 Å². The predicted molar refractivity (Wildman–Crippen MR) is 148 cm³/mol. The summed E-state index contributed by atoms with van der Waals surface area (Å²) in [6.07, 6.45) is 6.04. The second kappa shape index (κ2) is 9.85. The lowest BCUT2D eigenvalue weighted by Crippen LogP contribution is -2.56. The fourth-order valence-corrected chi connectivity index (χ4v) is 9.37. The quantitative estimate of drug-likeness (QED) is 0.316. The molecule has 4 rings (SSSR count). The van der Waals surface area contributed by atoms with Crippen molar-refractivity contribution >= 4 is 5.97 Å². The summed E-state index contributed by atoms with van der Waals surface area (Å²) >= 11 is 0. The third-order valence-electron chi connectivity index (χ3n) is 11.8. The maximum atomic E-state index is 11.9. The highest BCUT2D eigenvalue weighted by Gasteiger charge is 2.58. The van der Waals surface area contributed by atoms with Crippen LogP contribution in [-0.2, 0) is 14.3 Å². The number of hydrogen-bond donors (Lipinski definition) is 3. The molecule has 6 nitrogen and oxygen atoms in total. The van der Waals surface area contributed by atoms with Gasteiger partial charge in [-0.1, -0.05) is 26.3 Å². The smallest absolute Gasteiger partial charge is 0.303 e. The van der Waals surface area contributed by atoms with E-state index in [-0.39, 0.29) is 40.8 Å². The predicted octanol–water partition coefficient (Wildman–Crippen LogP) is 5.71. The molecule has 3 aliphatic carbocycles. The average Bonchev–Trinajstić information content (AvgIpc) is 3.00. The molecule has 1 heterocycles. The maximum absolute atomic E-state index is 11.9. The summed E-state index contributed by atoms with van der Waals surface area (Å²) < 4.78 is 12.5. The van der Waals surface area contributed by atoms with Gasteiger partial charge in [0.25, 0.3) is 0 Å². The van der Waals surface area contributed by atoms with Gasteiger partial charge in [-0.25, -0.2) is 0 Å². The van der Waals surface area contributed by atoms with Crippen LogP contribution in [0.4, 0.5) is 0 Å². The molecule has 0 spiro atoms. The lowest BCUT2D eigenvalue weighted by molar-refractivity contribution is -0.210. The van der Waals surface area contributed by atoms with Gasteiger partial charge in [0.15, 0.2) is 0 Å². The zero-order valence-corrected chi connectivity index (χ0v) is 25.4. The highest BCUT2D eigenvalue weighted by Crippen LogP contribution is 2.59. The Balaban J connectivity index is 1.63. The van der Waals surface area contributed by atoms with E-state index in [2.05, 4.69) is 27.7 Å². The first kappa shape index (κ1) is 30.0. The molecule has 1 saturated heterocycles. The molecule has 0 aromatic heterocycles. The highest BCUT2D eigenvalue weighted by atomic mass is 16.6. The minimum Gasteiger partial charge on any atom is -0.460 e. The van der Waals surface area contributed by atoms with Crippen molar-refractivity contribution in [3.8, 4) is 0 Å². The van der Waals surface area contributed by atoms with E-state index < -0.39 is 22.9 Å². The van der Waals surface area contributed by atoms with Crippen molar-refractivity contribution in [2.24, 2.45) is 28.6 Å². The van der Waals surface area contributed by atoms with E-state index in [4.69, 9.17) is 9.47 Å². The molecule has 3 N–H and O–H groups in total. The number of hydrogen-bond acceptors (Lipinski definition) is 6. The molecular weight excluding hydrogens is 480 g/mol. The molecule has 0 amide bonds. The molecule has 9 atom stereocenters. The summed E-state index contributed by atoms with van der Waals surface area (Å²) in [5.74, 6) is 0.113. The molecule has 3 fully saturated rings. The Kier molecular flexibility index (Phi) is 7.78. The van der Waals surface area contributed by atoms with Crippen LogP contribution < -0.4 is 0 Å². The summed E-state index contributed by atoms with van der Waals surface area (Å²) in [5, 5.41) is 34.2. The molecule has 0 radical (unpaired) electrons. The minimum absolute atomic E-state index is 0.000364. The van der Waals surface area contributed by atoms with Crippen LogP contribution in [0.5, 0.6) is 0 Å². The van der Waals surface area contributed by atoms with Gasteiger partial charge >= 0.3 is 5.97 Å². The van der Waals surface area contributed by atoms with Crippen molar-refractivity contribution < 1.29 is 29.6 Å². The van der Waals surface area contributed by atoms with Crippen LogP contribution in [0.2, 0.25) is 0 Å². The third kappa shape index (κ3) is 5.12. The standard InChI is InChI=1S/C32H54O6/c1-19-21(28(3,4)22-12-16-31(8,35)23(22)18-24(19)34)10-11-25-30(7)15-13-26(37-20(2)33)29(5,6)38-27(30)14-17-32(25,9)36/h22-27,34-36H,10-18H2,1-9H3. The molecule has 0 aromatic rings. The van der Waals surface area contributed by atoms with Gasteiger partial charge in [-0.15, -0.1) is 0 Å². The van der Waals surface area contributed by atoms with Crippen molar-refractivity contribution in [1.29, 1.82) is 0 Å². The number of rotatable bonds is 4. The third-order valence-corrected chi connectivity index (χ3v) is 11.8. The Morgan fingerprint density at radius 3 is 2.21 bits per heavy atom. The number of ether oxygens (including phenoxy) is 2.